The topological polar surface area (TPSA) is 66.1 Å². The van der Waals surface area contributed by atoms with Gasteiger partial charge >= 0.3 is 0 Å². The van der Waals surface area contributed by atoms with Gasteiger partial charge in [-0.25, -0.2) is 4.99 Å². The van der Waals surface area contributed by atoms with E-state index in [-0.39, 0.29) is 30.0 Å². The smallest absolute Gasteiger partial charge is 0.189 e. The number of nitrogens with zero attached hydrogens (tertiary/aromatic N) is 3. The van der Waals surface area contributed by atoms with Crippen LogP contribution in [-0.2, 0) is 13.1 Å². The number of aliphatic imine (C=N–C) groups is 1. The van der Waals surface area contributed by atoms with Gasteiger partial charge in [-0.3, -0.25) is 4.90 Å². The van der Waals surface area contributed by atoms with Crippen LogP contribution in [-0.4, -0.2) is 55.6 Å². The molecule has 2 heterocycles. The summed E-state index contributed by atoms with van der Waals surface area (Å²) in [6.07, 6.45) is 2.13. The lowest BCUT2D eigenvalue weighted by Gasteiger charge is -2.26. The van der Waals surface area contributed by atoms with Crippen molar-refractivity contribution in [3.05, 3.63) is 65.2 Å². The van der Waals surface area contributed by atoms with E-state index in [9.17, 15) is 0 Å². The molecule has 0 radical (unpaired) electrons. The van der Waals surface area contributed by atoms with Crippen LogP contribution in [0.2, 0.25) is 0 Å². The molecule has 0 aromatic heterocycles. The zero-order chi connectivity index (χ0) is 20.8. The normalized spacial score (nSPS) is 20.2. The van der Waals surface area contributed by atoms with Crippen molar-refractivity contribution >= 4 is 29.9 Å². The number of guanidine groups is 1. The second-order valence-corrected chi connectivity index (χ2v) is 8.32. The Bertz CT molecular complexity index is 857. The predicted octanol–water partition coefficient (Wildman–Crippen LogP) is 3.37. The van der Waals surface area contributed by atoms with E-state index in [1.54, 1.807) is 0 Å². The van der Waals surface area contributed by atoms with Crippen LogP contribution >= 0.6 is 24.0 Å². The third kappa shape index (κ3) is 6.82. The monoisotopic (exact) mass is 535 g/mol. The van der Waals surface area contributed by atoms with Gasteiger partial charge in [-0.2, -0.15) is 0 Å². The van der Waals surface area contributed by atoms with Gasteiger partial charge < -0.3 is 20.7 Å². The van der Waals surface area contributed by atoms with E-state index in [0.717, 1.165) is 37.4 Å². The lowest BCUT2D eigenvalue weighted by atomic mass is 10.0. The van der Waals surface area contributed by atoms with Gasteiger partial charge in [-0.15, -0.1) is 24.0 Å². The highest BCUT2D eigenvalue weighted by molar-refractivity contribution is 14.0. The Balaban J connectivity index is 0.00000272. The molecule has 6 nitrogen and oxygen atoms in total. The molecule has 168 valence electrons. The maximum Gasteiger partial charge on any atom is 0.189 e. The molecule has 1 saturated heterocycles. The highest BCUT2D eigenvalue weighted by Gasteiger charge is 2.21. The quantitative estimate of drug-likeness (QED) is 0.349. The number of para-hydroxylation sites is 1. The average Bonchev–Trinajstić information content (AvgIpc) is 2.97. The van der Waals surface area contributed by atoms with E-state index >= 15 is 0 Å². The average molecular weight is 535 g/mol. The van der Waals surface area contributed by atoms with Crippen molar-refractivity contribution in [2.75, 3.05) is 39.8 Å². The van der Waals surface area contributed by atoms with E-state index < -0.39 is 0 Å². The Labute approximate surface area is 202 Å². The summed E-state index contributed by atoms with van der Waals surface area (Å²) in [6.45, 7) is 6.95. The molecule has 2 aliphatic rings. The van der Waals surface area contributed by atoms with Crippen LogP contribution in [0.15, 0.2) is 53.5 Å². The zero-order valence-corrected chi connectivity index (χ0v) is 20.6. The first kappa shape index (κ1) is 23.8. The van der Waals surface area contributed by atoms with Crippen LogP contribution in [0.3, 0.4) is 0 Å². The van der Waals surface area contributed by atoms with E-state index in [4.69, 9.17) is 10.5 Å². The van der Waals surface area contributed by atoms with E-state index in [0.29, 0.717) is 19.1 Å². The second kappa shape index (κ2) is 11.7. The summed E-state index contributed by atoms with van der Waals surface area (Å²) in [7, 11) is 2.21. The fourth-order valence-electron chi connectivity index (χ4n) is 4.16. The van der Waals surface area contributed by atoms with Crippen molar-refractivity contribution in [1.29, 1.82) is 0 Å². The number of hydrogen-bond donors (Lipinski definition) is 2. The predicted molar refractivity (Wildman–Crippen MR) is 137 cm³/mol. The summed E-state index contributed by atoms with van der Waals surface area (Å²) in [5, 5.41) is 3.36. The fourth-order valence-corrected chi connectivity index (χ4v) is 4.16. The summed E-state index contributed by atoms with van der Waals surface area (Å²) >= 11 is 0. The first-order chi connectivity index (χ1) is 14.7. The molecule has 2 aromatic carbocycles. The van der Waals surface area contributed by atoms with Gasteiger partial charge in [-0.05, 0) is 43.8 Å². The van der Waals surface area contributed by atoms with Gasteiger partial charge in [0.15, 0.2) is 5.96 Å². The highest BCUT2D eigenvalue weighted by Crippen LogP contribution is 2.31. The number of fused-ring (bicyclic) bond motifs is 1. The molecule has 0 saturated carbocycles. The third-order valence-electron chi connectivity index (χ3n) is 5.95. The van der Waals surface area contributed by atoms with Crippen molar-refractivity contribution < 1.29 is 4.74 Å². The molecule has 1 atom stereocenters. The minimum Gasteiger partial charge on any atom is -0.493 e. The first-order valence-corrected chi connectivity index (χ1v) is 10.9. The lowest BCUT2D eigenvalue weighted by Crippen LogP contribution is -2.37. The van der Waals surface area contributed by atoms with Crippen molar-refractivity contribution in [1.82, 2.24) is 15.1 Å². The van der Waals surface area contributed by atoms with Crippen LogP contribution in [0.4, 0.5) is 0 Å². The second-order valence-electron chi connectivity index (χ2n) is 8.32. The Kier molecular flexibility index (Phi) is 8.98. The van der Waals surface area contributed by atoms with Crippen molar-refractivity contribution in [3.63, 3.8) is 0 Å². The van der Waals surface area contributed by atoms with Crippen molar-refractivity contribution in [2.24, 2.45) is 10.7 Å². The Morgan fingerprint density at radius 1 is 1.06 bits per heavy atom. The summed E-state index contributed by atoms with van der Waals surface area (Å²) in [5.41, 5.74) is 9.85. The molecule has 1 unspecified atom stereocenters. The highest BCUT2D eigenvalue weighted by atomic mass is 127. The molecule has 2 aliphatic heterocycles. The molecule has 1 fully saturated rings. The summed E-state index contributed by atoms with van der Waals surface area (Å²) in [6, 6.07) is 17.0. The number of halogens is 1. The standard InChI is InChI=1S/C24H33N5O.HI/c1-28-12-4-13-29(15-14-28)18-20-9-7-19(8-10-20)17-26-24(25)27-22-11-16-30-23-6-3-2-5-21(22)23;/h2-3,5-10,22H,4,11-18H2,1H3,(H3,25,26,27);1H. The number of rotatable bonds is 5. The van der Waals surface area contributed by atoms with Crippen LogP contribution < -0.4 is 15.8 Å². The van der Waals surface area contributed by atoms with Crippen molar-refractivity contribution in [2.45, 2.75) is 32.0 Å². The molecule has 0 amide bonds. The Morgan fingerprint density at radius 3 is 2.68 bits per heavy atom. The zero-order valence-electron chi connectivity index (χ0n) is 18.3. The maximum atomic E-state index is 6.18. The number of benzene rings is 2. The number of hydrogen-bond acceptors (Lipinski definition) is 4. The van der Waals surface area contributed by atoms with Crippen LogP contribution in [0.1, 0.15) is 35.6 Å². The molecule has 31 heavy (non-hydrogen) atoms. The number of nitrogens with two attached hydrogens (primary N) is 1. The summed E-state index contributed by atoms with van der Waals surface area (Å²) in [4.78, 5) is 9.52. The molecular formula is C24H34IN5O. The van der Waals surface area contributed by atoms with Gasteiger partial charge in [0.2, 0.25) is 0 Å². The Hall–Kier alpha value is -1.84. The lowest BCUT2D eigenvalue weighted by molar-refractivity contribution is 0.262. The third-order valence-corrected chi connectivity index (χ3v) is 5.95. The van der Waals surface area contributed by atoms with Gasteiger partial charge in [0.1, 0.15) is 5.75 Å². The van der Waals surface area contributed by atoms with Gasteiger partial charge in [0, 0.05) is 31.6 Å². The largest absolute Gasteiger partial charge is 0.493 e. The molecule has 0 bridgehead atoms. The molecular weight excluding hydrogens is 501 g/mol. The van der Waals surface area contributed by atoms with Gasteiger partial charge in [0.05, 0.1) is 19.2 Å². The SMILES string of the molecule is CN1CCCN(Cc2ccc(CN=C(N)NC3CCOc4ccccc43)cc2)CC1.I. The van der Waals surface area contributed by atoms with Crippen molar-refractivity contribution in [3.8, 4) is 5.75 Å². The number of ether oxygens (including phenoxy) is 1. The van der Waals surface area contributed by atoms with Crippen LogP contribution in [0.25, 0.3) is 0 Å². The minimum atomic E-state index is 0. The van der Waals surface area contributed by atoms with E-state index in [1.807, 2.05) is 18.2 Å². The van der Waals surface area contributed by atoms with Gasteiger partial charge in [0.25, 0.3) is 0 Å². The fraction of sp³-hybridized carbons (Fsp3) is 0.458. The summed E-state index contributed by atoms with van der Waals surface area (Å²) < 4.78 is 5.72. The van der Waals surface area contributed by atoms with Crippen LogP contribution in [0, 0.1) is 0 Å². The Morgan fingerprint density at radius 2 is 1.84 bits per heavy atom. The first-order valence-electron chi connectivity index (χ1n) is 10.9. The van der Waals surface area contributed by atoms with E-state index in [2.05, 4.69) is 57.5 Å². The molecule has 0 spiro atoms. The molecule has 4 rings (SSSR count). The van der Waals surface area contributed by atoms with Crippen LogP contribution in [0.5, 0.6) is 5.75 Å². The van der Waals surface area contributed by atoms with Gasteiger partial charge in [-0.1, -0.05) is 42.5 Å². The number of likely N-dealkylation sites (N-methyl/N-ethyl adjacent to an activating group) is 1. The molecule has 0 aliphatic carbocycles. The summed E-state index contributed by atoms with van der Waals surface area (Å²) in [5.74, 6) is 1.41. The number of nitrogens with one attached hydrogen (secondary N) is 1. The van der Waals surface area contributed by atoms with E-state index in [1.165, 1.54) is 30.6 Å². The molecule has 2 aromatic rings. The minimum absolute atomic E-state index is 0. The molecule has 7 heteroatoms. The molecule has 3 N–H and O–H groups in total. The maximum absolute atomic E-state index is 6.18.